The number of imide groups is 1. The van der Waals surface area contributed by atoms with Gasteiger partial charge in [-0.15, -0.1) is 12.4 Å². The first-order chi connectivity index (χ1) is 10.0. The van der Waals surface area contributed by atoms with Crippen molar-refractivity contribution in [3.05, 3.63) is 0 Å². The Morgan fingerprint density at radius 3 is 2.27 bits per heavy atom. The minimum absolute atomic E-state index is 0. The summed E-state index contributed by atoms with van der Waals surface area (Å²) in [6.07, 6.45) is 3.87. The minimum atomic E-state index is -0.126. The molecule has 7 heteroatoms. The second-order valence-electron chi connectivity index (χ2n) is 6.07. The molecule has 2 rings (SSSR count). The van der Waals surface area contributed by atoms with Gasteiger partial charge in [0, 0.05) is 25.6 Å². The van der Waals surface area contributed by atoms with Gasteiger partial charge in [0.25, 0.3) is 0 Å². The largest absolute Gasteiger partial charge is 0.354 e. The van der Waals surface area contributed by atoms with E-state index in [9.17, 15) is 14.4 Å². The number of likely N-dealkylation sites (N-methyl/N-ethyl adjacent to an activating group) is 1. The molecule has 3 unspecified atom stereocenters. The maximum Gasteiger partial charge on any atom is 0.233 e. The van der Waals surface area contributed by atoms with Gasteiger partial charge in [0.05, 0.1) is 11.8 Å². The third-order valence-electron chi connectivity index (χ3n) is 4.59. The number of hydrogen-bond acceptors (Lipinski definition) is 4. The van der Waals surface area contributed by atoms with Gasteiger partial charge in [-0.05, 0) is 26.8 Å². The quantitative estimate of drug-likeness (QED) is 0.702. The Morgan fingerprint density at radius 2 is 1.77 bits per heavy atom. The summed E-state index contributed by atoms with van der Waals surface area (Å²) >= 11 is 0. The topological polar surface area (TPSA) is 78.5 Å². The smallest absolute Gasteiger partial charge is 0.233 e. The molecule has 1 heterocycles. The van der Waals surface area contributed by atoms with E-state index in [-0.39, 0.29) is 61.0 Å². The van der Waals surface area contributed by atoms with E-state index in [1.54, 1.807) is 0 Å². The number of carbonyl (C=O) groups is 3. The average molecular weight is 332 g/mol. The molecule has 0 spiro atoms. The van der Waals surface area contributed by atoms with E-state index in [2.05, 4.69) is 10.6 Å². The summed E-state index contributed by atoms with van der Waals surface area (Å²) in [4.78, 5) is 37.5. The van der Waals surface area contributed by atoms with E-state index in [4.69, 9.17) is 0 Å². The second kappa shape index (κ2) is 8.48. The Balaban J connectivity index is 0.00000242. The van der Waals surface area contributed by atoms with Gasteiger partial charge in [-0.25, -0.2) is 0 Å². The zero-order valence-electron chi connectivity index (χ0n) is 13.3. The maximum absolute atomic E-state index is 12.2. The van der Waals surface area contributed by atoms with Crippen LogP contribution in [0.4, 0.5) is 0 Å². The summed E-state index contributed by atoms with van der Waals surface area (Å²) in [5.74, 6) is -0.507. The lowest BCUT2D eigenvalue weighted by Crippen LogP contribution is -2.39. The Labute approximate surface area is 137 Å². The highest BCUT2D eigenvalue weighted by Crippen LogP contribution is 2.37. The number of likely N-dealkylation sites (tertiary alicyclic amines) is 1. The molecule has 0 aromatic rings. The zero-order valence-corrected chi connectivity index (χ0v) is 14.1. The van der Waals surface area contributed by atoms with Gasteiger partial charge in [-0.2, -0.15) is 0 Å². The summed E-state index contributed by atoms with van der Waals surface area (Å²) in [6.45, 7) is 2.73. The third-order valence-corrected chi connectivity index (χ3v) is 4.59. The van der Waals surface area contributed by atoms with Crippen molar-refractivity contribution in [2.45, 2.75) is 45.1 Å². The zero-order chi connectivity index (χ0) is 15.4. The van der Waals surface area contributed by atoms with Gasteiger partial charge in [0.2, 0.25) is 17.7 Å². The van der Waals surface area contributed by atoms with E-state index in [0.717, 1.165) is 25.7 Å². The molecular weight excluding hydrogens is 306 g/mol. The van der Waals surface area contributed by atoms with Crippen molar-refractivity contribution in [2.75, 3.05) is 20.1 Å². The molecule has 0 aromatic heterocycles. The van der Waals surface area contributed by atoms with Gasteiger partial charge in [0.15, 0.2) is 0 Å². The predicted molar refractivity (Wildman–Crippen MR) is 85.6 cm³/mol. The molecule has 2 N–H and O–H groups in total. The van der Waals surface area contributed by atoms with Crippen molar-refractivity contribution in [2.24, 2.45) is 11.8 Å². The number of rotatable bonds is 6. The normalized spacial score (nSPS) is 25.5. The highest BCUT2D eigenvalue weighted by Gasteiger charge is 2.47. The molecule has 2 aliphatic rings. The van der Waals surface area contributed by atoms with Crippen molar-refractivity contribution in [1.29, 1.82) is 0 Å². The van der Waals surface area contributed by atoms with E-state index >= 15 is 0 Å². The van der Waals surface area contributed by atoms with Crippen LogP contribution in [0.25, 0.3) is 0 Å². The van der Waals surface area contributed by atoms with Crippen LogP contribution in [0.1, 0.15) is 39.0 Å². The molecule has 1 aliphatic heterocycles. The summed E-state index contributed by atoms with van der Waals surface area (Å²) in [6, 6.07) is 0.201. The molecular formula is C15H26ClN3O3. The van der Waals surface area contributed by atoms with Crippen LogP contribution in [-0.4, -0.2) is 48.8 Å². The van der Waals surface area contributed by atoms with Crippen LogP contribution in [0, 0.1) is 11.8 Å². The summed E-state index contributed by atoms with van der Waals surface area (Å²) in [5.41, 5.74) is 0. The lowest BCUT2D eigenvalue weighted by molar-refractivity contribution is -0.140. The molecule has 1 saturated heterocycles. The fourth-order valence-corrected chi connectivity index (χ4v) is 3.12. The molecule has 6 nitrogen and oxygen atoms in total. The lowest BCUT2D eigenvalue weighted by Gasteiger charge is -2.19. The fourth-order valence-electron chi connectivity index (χ4n) is 3.12. The Morgan fingerprint density at radius 1 is 1.23 bits per heavy atom. The van der Waals surface area contributed by atoms with Gasteiger partial charge >= 0.3 is 0 Å². The molecule has 1 saturated carbocycles. The molecule has 0 radical (unpaired) electrons. The van der Waals surface area contributed by atoms with Crippen LogP contribution in [-0.2, 0) is 14.4 Å². The number of halogens is 1. The van der Waals surface area contributed by atoms with Crippen LogP contribution < -0.4 is 10.6 Å². The third kappa shape index (κ3) is 4.20. The average Bonchev–Trinajstić information content (AvgIpc) is 2.75. The first-order valence-corrected chi connectivity index (χ1v) is 7.83. The number of amides is 3. The van der Waals surface area contributed by atoms with Crippen molar-refractivity contribution < 1.29 is 14.4 Å². The van der Waals surface area contributed by atoms with Crippen LogP contribution in [0.3, 0.4) is 0 Å². The van der Waals surface area contributed by atoms with Crippen molar-refractivity contribution in [3.63, 3.8) is 0 Å². The fraction of sp³-hybridized carbons (Fsp3) is 0.800. The summed E-state index contributed by atoms with van der Waals surface area (Å²) in [7, 11) is 1.83. The highest BCUT2D eigenvalue weighted by molar-refractivity contribution is 6.05. The van der Waals surface area contributed by atoms with Crippen LogP contribution in [0.15, 0.2) is 0 Å². The van der Waals surface area contributed by atoms with Crippen LogP contribution >= 0.6 is 12.4 Å². The number of nitrogens with zero attached hydrogens (tertiary/aromatic N) is 1. The molecule has 1 aliphatic carbocycles. The highest BCUT2D eigenvalue weighted by atomic mass is 35.5. The lowest BCUT2D eigenvalue weighted by atomic mass is 9.81. The first-order valence-electron chi connectivity index (χ1n) is 7.83. The number of hydrogen-bond donors (Lipinski definition) is 2. The predicted octanol–water partition coefficient (Wildman–Crippen LogP) is 0.698. The van der Waals surface area contributed by atoms with Gasteiger partial charge < -0.3 is 10.6 Å². The Kier molecular flexibility index (Phi) is 7.29. The first kappa shape index (κ1) is 18.9. The van der Waals surface area contributed by atoms with Gasteiger partial charge in [-0.1, -0.05) is 12.8 Å². The SMILES string of the molecule is CNC(C)CNC(=O)CCN1C(=O)C2CCCCC2C1=O.Cl. The standard InChI is InChI=1S/C15H25N3O3.ClH/c1-10(16-2)9-17-13(19)7-8-18-14(20)11-5-3-4-6-12(11)15(18)21;/h10-12,16H,3-9H2,1-2H3,(H,17,19);1H. The minimum Gasteiger partial charge on any atom is -0.354 e. The Hall–Kier alpha value is -1.14. The Bertz CT molecular complexity index is 406. The molecule has 22 heavy (non-hydrogen) atoms. The monoisotopic (exact) mass is 331 g/mol. The van der Waals surface area contributed by atoms with E-state index in [1.165, 1.54) is 4.90 Å². The molecule has 126 valence electrons. The van der Waals surface area contributed by atoms with Crippen molar-refractivity contribution in [3.8, 4) is 0 Å². The summed E-state index contributed by atoms with van der Waals surface area (Å²) in [5, 5.41) is 5.83. The van der Waals surface area contributed by atoms with Gasteiger partial charge in [0.1, 0.15) is 0 Å². The molecule has 3 atom stereocenters. The number of carbonyl (C=O) groups excluding carboxylic acids is 3. The van der Waals surface area contributed by atoms with Crippen LogP contribution in [0.5, 0.6) is 0 Å². The number of fused-ring (bicyclic) bond motifs is 1. The maximum atomic E-state index is 12.2. The molecule has 0 aromatic carbocycles. The van der Waals surface area contributed by atoms with Crippen molar-refractivity contribution in [1.82, 2.24) is 15.5 Å². The van der Waals surface area contributed by atoms with E-state index in [0.29, 0.717) is 6.54 Å². The summed E-state index contributed by atoms with van der Waals surface area (Å²) < 4.78 is 0. The molecule has 2 fully saturated rings. The second-order valence-corrected chi connectivity index (χ2v) is 6.07. The van der Waals surface area contributed by atoms with E-state index < -0.39 is 0 Å². The van der Waals surface area contributed by atoms with Crippen LogP contribution in [0.2, 0.25) is 0 Å². The number of nitrogens with one attached hydrogen (secondary N) is 2. The van der Waals surface area contributed by atoms with Gasteiger partial charge in [-0.3, -0.25) is 19.3 Å². The van der Waals surface area contributed by atoms with Crippen molar-refractivity contribution >= 4 is 30.1 Å². The van der Waals surface area contributed by atoms with E-state index in [1.807, 2.05) is 14.0 Å². The molecule has 3 amide bonds. The molecule has 0 bridgehead atoms.